The van der Waals surface area contributed by atoms with Crippen molar-refractivity contribution in [1.29, 1.82) is 0 Å². The molecule has 1 saturated carbocycles. The van der Waals surface area contributed by atoms with Gasteiger partial charge >= 0.3 is 0 Å². The Labute approximate surface area is 179 Å². The van der Waals surface area contributed by atoms with Crippen LogP contribution < -0.4 is 9.80 Å². The maximum absolute atomic E-state index is 15.0. The number of hydrogen-bond donors (Lipinski definition) is 0. The van der Waals surface area contributed by atoms with Crippen LogP contribution in [0.15, 0.2) is 27.7 Å². The molecule has 9 heteroatoms. The topological polar surface area (TPSA) is 84.1 Å². The summed E-state index contributed by atoms with van der Waals surface area (Å²) in [5, 5.41) is 4.19. The van der Waals surface area contributed by atoms with Crippen LogP contribution in [0.1, 0.15) is 69.1 Å². The molecule has 4 heterocycles. The maximum atomic E-state index is 15.0. The Bertz CT molecular complexity index is 1060. The van der Waals surface area contributed by atoms with Crippen LogP contribution in [0, 0.1) is 5.82 Å². The van der Waals surface area contributed by atoms with Crippen molar-refractivity contribution in [2.75, 3.05) is 16.4 Å². The van der Waals surface area contributed by atoms with Crippen LogP contribution in [-0.4, -0.2) is 40.8 Å². The number of para-hydroxylation sites is 1. The fraction of sp³-hybridized carbons (Fsp3) is 0.545. The van der Waals surface area contributed by atoms with Crippen LogP contribution in [0.5, 0.6) is 0 Å². The molecule has 31 heavy (non-hydrogen) atoms. The molecule has 1 aliphatic carbocycles. The Kier molecular flexibility index (Phi) is 4.18. The van der Waals surface area contributed by atoms with Crippen LogP contribution in [-0.2, 0) is 9.53 Å². The van der Waals surface area contributed by atoms with E-state index < -0.39 is 23.6 Å². The third-order valence-electron chi connectivity index (χ3n) is 6.99. The second kappa shape index (κ2) is 6.85. The summed E-state index contributed by atoms with van der Waals surface area (Å²) in [7, 11) is 0. The second-order valence-electron chi connectivity index (χ2n) is 8.94. The van der Waals surface area contributed by atoms with Crippen molar-refractivity contribution < 1.29 is 18.4 Å². The lowest BCUT2D eigenvalue weighted by molar-refractivity contribution is -0.125. The predicted molar refractivity (Wildman–Crippen MR) is 110 cm³/mol. The number of carbonyl (C=O) groups is 1. The lowest BCUT2D eigenvalue weighted by Crippen LogP contribution is -2.60. The van der Waals surface area contributed by atoms with E-state index in [2.05, 4.69) is 15.1 Å². The largest absolute Gasteiger partial charge is 0.355 e. The van der Waals surface area contributed by atoms with Crippen LogP contribution >= 0.6 is 0 Å². The smallest absolute Gasteiger partial charge is 0.255 e. The normalized spacial score (nSPS) is 30.3. The van der Waals surface area contributed by atoms with E-state index in [1.807, 2.05) is 6.92 Å². The van der Waals surface area contributed by atoms with Gasteiger partial charge in [-0.25, -0.2) is 4.39 Å². The van der Waals surface area contributed by atoms with Gasteiger partial charge in [0, 0.05) is 12.5 Å². The molecule has 1 amide bonds. The molecule has 2 aromatic rings. The molecule has 0 spiro atoms. The van der Waals surface area contributed by atoms with Gasteiger partial charge in [-0.05, 0) is 44.7 Å². The molecule has 1 aromatic carbocycles. The molecular weight excluding hydrogens is 401 g/mol. The highest BCUT2D eigenvalue weighted by Gasteiger charge is 2.54. The van der Waals surface area contributed by atoms with Crippen molar-refractivity contribution in [3.63, 3.8) is 0 Å². The Morgan fingerprint density at radius 3 is 2.84 bits per heavy atom. The molecule has 162 valence electrons. The number of aromatic nitrogens is 2. The van der Waals surface area contributed by atoms with E-state index in [1.54, 1.807) is 23.4 Å². The average molecular weight is 425 g/mol. The number of anilines is 2. The zero-order valence-electron chi connectivity index (χ0n) is 17.3. The van der Waals surface area contributed by atoms with E-state index in [4.69, 9.17) is 9.26 Å². The van der Waals surface area contributed by atoms with E-state index in [9.17, 15) is 4.79 Å². The summed E-state index contributed by atoms with van der Waals surface area (Å²) >= 11 is 0. The van der Waals surface area contributed by atoms with Crippen molar-refractivity contribution in [3.05, 3.63) is 35.7 Å². The Hall–Kier alpha value is -2.81. The summed E-state index contributed by atoms with van der Waals surface area (Å²) in [6.45, 7) is 2.38. The van der Waals surface area contributed by atoms with Gasteiger partial charge in [-0.3, -0.25) is 14.7 Å². The van der Waals surface area contributed by atoms with Crippen LogP contribution in [0.25, 0.3) is 0 Å². The van der Waals surface area contributed by atoms with Gasteiger partial charge in [0.05, 0.1) is 12.0 Å². The minimum atomic E-state index is -0.906. The number of aliphatic imine (C=N–C) groups is 1. The number of carbonyl (C=O) groups excluding carboxylic acids is 1. The molecule has 8 nitrogen and oxygen atoms in total. The lowest BCUT2D eigenvalue weighted by atomic mass is 9.97. The summed E-state index contributed by atoms with van der Waals surface area (Å²) in [5.41, 5.74) is -0.0857. The number of nitrogens with zero attached hydrogens (tertiary/aromatic N) is 5. The third kappa shape index (κ3) is 2.75. The molecule has 6 rings (SSSR count). The molecule has 3 atom stereocenters. The van der Waals surface area contributed by atoms with Crippen LogP contribution in [0.3, 0.4) is 0 Å². The highest BCUT2D eigenvalue weighted by molar-refractivity contribution is 6.12. The van der Waals surface area contributed by atoms with Crippen molar-refractivity contribution >= 4 is 23.6 Å². The van der Waals surface area contributed by atoms with E-state index in [0.717, 1.165) is 19.3 Å². The standard InChI is InChI=1S/C22H24FN5O3/c1-22(10-5-11-30-22)28-17-14(23)8-4-9-15(17)27-12-24-16(18(27)21(28)29)20-25-19(26-31-20)13-6-2-3-7-13/h4,8-9,12-13,16,18H,2-3,5-7,10-11H2,1H3. The first-order chi connectivity index (χ1) is 15.1. The molecule has 1 aromatic heterocycles. The number of ether oxygens (including phenoxy) is 1. The van der Waals surface area contributed by atoms with E-state index in [-0.39, 0.29) is 11.6 Å². The molecule has 0 radical (unpaired) electrons. The number of benzene rings is 1. The van der Waals surface area contributed by atoms with Gasteiger partial charge in [-0.1, -0.05) is 24.1 Å². The summed E-state index contributed by atoms with van der Waals surface area (Å²) in [4.78, 5) is 26.2. The number of fused-ring (bicyclic) bond motifs is 3. The molecule has 4 aliphatic rings. The Morgan fingerprint density at radius 1 is 1.23 bits per heavy atom. The van der Waals surface area contributed by atoms with Gasteiger partial charge in [-0.2, -0.15) is 4.98 Å². The maximum Gasteiger partial charge on any atom is 0.255 e. The molecule has 3 aliphatic heterocycles. The Morgan fingerprint density at radius 2 is 2.06 bits per heavy atom. The number of rotatable bonds is 3. The molecule has 3 unspecified atom stereocenters. The van der Waals surface area contributed by atoms with Crippen molar-refractivity contribution in [3.8, 4) is 0 Å². The second-order valence-corrected chi connectivity index (χ2v) is 8.94. The number of amides is 1. The fourth-order valence-corrected chi connectivity index (χ4v) is 5.42. The molecular formula is C22H24FN5O3. The average Bonchev–Trinajstić information content (AvgIpc) is 3.54. The summed E-state index contributed by atoms with van der Waals surface area (Å²) in [5.74, 6) is 0.595. The van der Waals surface area contributed by atoms with Crippen molar-refractivity contribution in [2.24, 2.45) is 4.99 Å². The van der Waals surface area contributed by atoms with Crippen LogP contribution in [0.2, 0.25) is 0 Å². The highest BCUT2D eigenvalue weighted by Crippen LogP contribution is 2.48. The van der Waals surface area contributed by atoms with Gasteiger partial charge in [-0.15, -0.1) is 0 Å². The summed E-state index contributed by atoms with van der Waals surface area (Å²) < 4.78 is 26.5. The van der Waals surface area contributed by atoms with Crippen molar-refractivity contribution in [2.45, 2.75) is 69.2 Å². The van der Waals surface area contributed by atoms with Gasteiger partial charge in [0.15, 0.2) is 11.9 Å². The Balaban J connectivity index is 1.41. The zero-order valence-corrected chi connectivity index (χ0v) is 17.3. The van der Waals surface area contributed by atoms with Gasteiger partial charge < -0.3 is 14.2 Å². The monoisotopic (exact) mass is 425 g/mol. The SMILES string of the molecule is CC1(N2C(=O)C3C(c4nc(C5CCCC5)no4)N=CN3c3cccc(F)c32)CCCO1. The van der Waals surface area contributed by atoms with E-state index in [0.29, 0.717) is 36.3 Å². The first-order valence-corrected chi connectivity index (χ1v) is 11.0. The van der Waals surface area contributed by atoms with E-state index in [1.165, 1.54) is 23.8 Å². The molecule has 2 fully saturated rings. The van der Waals surface area contributed by atoms with Gasteiger partial charge in [0.2, 0.25) is 0 Å². The number of halogens is 1. The fourth-order valence-electron chi connectivity index (χ4n) is 5.42. The zero-order chi connectivity index (χ0) is 21.2. The highest BCUT2D eigenvalue weighted by atomic mass is 19.1. The lowest BCUT2D eigenvalue weighted by Gasteiger charge is -2.45. The molecule has 1 saturated heterocycles. The minimum Gasteiger partial charge on any atom is -0.355 e. The predicted octanol–water partition coefficient (Wildman–Crippen LogP) is 3.70. The van der Waals surface area contributed by atoms with Gasteiger partial charge in [0.1, 0.15) is 23.3 Å². The number of hydrogen-bond acceptors (Lipinski definition) is 7. The minimum absolute atomic E-state index is 0.234. The summed E-state index contributed by atoms with van der Waals surface area (Å²) in [6, 6.07) is 3.46. The van der Waals surface area contributed by atoms with Crippen molar-refractivity contribution in [1.82, 2.24) is 10.1 Å². The first kappa shape index (κ1) is 18.9. The quantitative estimate of drug-likeness (QED) is 0.746. The van der Waals surface area contributed by atoms with E-state index >= 15 is 4.39 Å². The van der Waals surface area contributed by atoms with Gasteiger partial charge in [0.25, 0.3) is 11.8 Å². The first-order valence-electron chi connectivity index (χ1n) is 11.0. The summed E-state index contributed by atoms with van der Waals surface area (Å²) in [6.07, 6.45) is 7.47. The molecule has 0 bridgehead atoms. The molecule has 0 N–H and O–H groups in total. The van der Waals surface area contributed by atoms with Crippen LogP contribution in [0.4, 0.5) is 15.8 Å². The third-order valence-corrected chi connectivity index (χ3v) is 6.99.